The Morgan fingerprint density at radius 1 is 1.06 bits per heavy atom. The number of anilines is 1. The number of amides is 1. The average Bonchev–Trinajstić information content (AvgIpc) is 2.79. The number of nitrogens with zero attached hydrogens (tertiary/aromatic N) is 2. The minimum atomic E-state index is -4.52. The number of fused-ring (bicyclic) bond motifs is 1. The molecule has 1 amide bonds. The van der Waals surface area contributed by atoms with E-state index in [2.05, 4.69) is 10.3 Å². The highest BCUT2D eigenvalue weighted by Crippen LogP contribution is 2.36. The Bertz CT molecular complexity index is 1120. The van der Waals surface area contributed by atoms with E-state index in [0.29, 0.717) is 16.6 Å². The molecule has 1 saturated carbocycles. The summed E-state index contributed by atoms with van der Waals surface area (Å²) in [4.78, 5) is 18.1. The van der Waals surface area contributed by atoms with E-state index in [-0.39, 0.29) is 30.2 Å². The minimum Gasteiger partial charge on any atom is -0.371 e. The van der Waals surface area contributed by atoms with Gasteiger partial charge < -0.3 is 10.2 Å². The molecular weight excluding hydrogens is 434 g/mol. The Kier molecular flexibility index (Phi) is 6.54. The molecule has 4 rings (SSSR count). The molecule has 0 bridgehead atoms. The summed E-state index contributed by atoms with van der Waals surface area (Å²) in [5.74, 6) is -0.459. The predicted octanol–water partition coefficient (Wildman–Crippen LogP) is 5.50. The number of carbonyl (C=O) groups is 1. The van der Waals surface area contributed by atoms with Crippen LogP contribution in [0.15, 0.2) is 54.6 Å². The minimum absolute atomic E-state index is 0.0162. The second-order valence-electron chi connectivity index (χ2n) is 8.53. The maximum atomic E-state index is 13.4. The van der Waals surface area contributed by atoms with Gasteiger partial charge in [0, 0.05) is 30.2 Å². The Balaban J connectivity index is 1.41. The molecule has 1 aliphatic carbocycles. The normalized spacial score (nSPS) is 18.8. The van der Waals surface area contributed by atoms with Gasteiger partial charge in [-0.2, -0.15) is 13.2 Å². The lowest BCUT2D eigenvalue weighted by atomic mass is 9.89. The SMILES string of the molecule is CN(c1cc(C(F)(F)F)nc2ccccc12)C1CCC(NC(=O)Cc2ccc(F)cc2)CC1. The second-order valence-corrected chi connectivity index (χ2v) is 8.53. The molecule has 0 spiro atoms. The smallest absolute Gasteiger partial charge is 0.371 e. The topological polar surface area (TPSA) is 45.2 Å². The van der Waals surface area contributed by atoms with Gasteiger partial charge in [0.2, 0.25) is 5.91 Å². The van der Waals surface area contributed by atoms with E-state index in [1.54, 1.807) is 36.4 Å². The number of hydrogen-bond donors (Lipinski definition) is 1. The van der Waals surface area contributed by atoms with Gasteiger partial charge >= 0.3 is 6.18 Å². The summed E-state index contributed by atoms with van der Waals surface area (Å²) in [6.45, 7) is 0. The van der Waals surface area contributed by atoms with E-state index in [0.717, 1.165) is 37.3 Å². The number of pyridine rings is 1. The molecule has 0 aliphatic heterocycles. The monoisotopic (exact) mass is 459 g/mol. The van der Waals surface area contributed by atoms with Crippen LogP contribution >= 0.6 is 0 Å². The van der Waals surface area contributed by atoms with Crippen molar-refractivity contribution in [2.24, 2.45) is 0 Å². The van der Waals surface area contributed by atoms with Crippen molar-refractivity contribution < 1.29 is 22.4 Å². The molecule has 3 aromatic rings. The quantitative estimate of drug-likeness (QED) is 0.513. The number of alkyl halides is 3. The number of carbonyl (C=O) groups excluding carboxylic acids is 1. The van der Waals surface area contributed by atoms with Crippen molar-refractivity contribution in [1.82, 2.24) is 10.3 Å². The van der Waals surface area contributed by atoms with Gasteiger partial charge in [-0.25, -0.2) is 9.37 Å². The van der Waals surface area contributed by atoms with Crippen molar-refractivity contribution in [3.63, 3.8) is 0 Å². The number of nitrogens with one attached hydrogen (secondary N) is 1. The van der Waals surface area contributed by atoms with Gasteiger partial charge in [0.25, 0.3) is 0 Å². The van der Waals surface area contributed by atoms with Gasteiger partial charge in [0.1, 0.15) is 11.5 Å². The van der Waals surface area contributed by atoms with Crippen molar-refractivity contribution >= 4 is 22.5 Å². The van der Waals surface area contributed by atoms with Crippen molar-refractivity contribution in [3.05, 3.63) is 71.7 Å². The highest BCUT2D eigenvalue weighted by molar-refractivity contribution is 5.92. The fourth-order valence-corrected chi connectivity index (χ4v) is 4.46. The molecule has 33 heavy (non-hydrogen) atoms. The molecule has 2 aromatic carbocycles. The van der Waals surface area contributed by atoms with E-state index >= 15 is 0 Å². The number of rotatable bonds is 5. The molecule has 4 nitrogen and oxygen atoms in total. The Labute approximate surface area is 189 Å². The molecule has 1 fully saturated rings. The molecule has 8 heteroatoms. The summed E-state index contributed by atoms with van der Waals surface area (Å²) in [6.07, 6.45) is -1.37. The fraction of sp³-hybridized carbons (Fsp3) is 0.360. The highest BCUT2D eigenvalue weighted by Gasteiger charge is 2.34. The van der Waals surface area contributed by atoms with Crippen molar-refractivity contribution in [2.45, 2.75) is 50.4 Å². The summed E-state index contributed by atoms with van der Waals surface area (Å²) in [5, 5.41) is 3.71. The standard InChI is InChI=1S/C25H25F4N3O/c1-32(22-15-23(25(27,28)29)31-21-5-3-2-4-20(21)22)19-12-10-18(11-13-19)30-24(33)14-16-6-8-17(26)9-7-16/h2-9,15,18-19H,10-14H2,1H3,(H,30,33). The molecule has 1 aromatic heterocycles. The van der Waals surface area contributed by atoms with E-state index in [1.165, 1.54) is 12.1 Å². The van der Waals surface area contributed by atoms with Gasteiger partial charge in [0.15, 0.2) is 0 Å². The maximum absolute atomic E-state index is 13.4. The molecule has 1 N–H and O–H groups in total. The summed E-state index contributed by atoms with van der Waals surface area (Å²) in [6, 6.07) is 13.9. The van der Waals surface area contributed by atoms with Crippen LogP contribution in [0.2, 0.25) is 0 Å². The molecule has 0 atom stereocenters. The van der Waals surface area contributed by atoms with Crippen LogP contribution < -0.4 is 10.2 Å². The molecule has 1 heterocycles. The number of para-hydroxylation sites is 1. The van der Waals surface area contributed by atoms with E-state index in [4.69, 9.17) is 0 Å². The summed E-state index contributed by atoms with van der Waals surface area (Å²) in [7, 11) is 1.82. The maximum Gasteiger partial charge on any atom is 0.433 e. The lowest BCUT2D eigenvalue weighted by Crippen LogP contribution is -2.43. The van der Waals surface area contributed by atoms with Crippen LogP contribution in [-0.2, 0) is 17.4 Å². The lowest BCUT2D eigenvalue weighted by Gasteiger charge is -2.37. The summed E-state index contributed by atoms with van der Waals surface area (Å²) in [5.41, 5.74) is 0.671. The van der Waals surface area contributed by atoms with Crippen molar-refractivity contribution in [3.8, 4) is 0 Å². The van der Waals surface area contributed by atoms with Crippen LogP contribution in [0.25, 0.3) is 10.9 Å². The number of benzene rings is 2. The van der Waals surface area contributed by atoms with E-state index in [1.807, 2.05) is 11.9 Å². The van der Waals surface area contributed by atoms with Gasteiger partial charge in [-0.05, 0) is 55.5 Å². The van der Waals surface area contributed by atoms with Crippen LogP contribution in [0.4, 0.5) is 23.2 Å². The summed E-state index contributed by atoms with van der Waals surface area (Å²) < 4.78 is 53.3. The van der Waals surface area contributed by atoms with Crippen LogP contribution in [0.5, 0.6) is 0 Å². The summed E-state index contributed by atoms with van der Waals surface area (Å²) >= 11 is 0. The first-order chi connectivity index (χ1) is 15.7. The van der Waals surface area contributed by atoms with Gasteiger partial charge in [-0.3, -0.25) is 4.79 Å². The number of halogens is 4. The molecular formula is C25H25F4N3O. The third-order valence-electron chi connectivity index (χ3n) is 6.25. The Morgan fingerprint density at radius 2 is 1.73 bits per heavy atom. The first-order valence-electron chi connectivity index (χ1n) is 10.9. The molecule has 0 radical (unpaired) electrons. The van der Waals surface area contributed by atoms with Gasteiger partial charge in [0.05, 0.1) is 11.9 Å². The van der Waals surface area contributed by atoms with E-state index < -0.39 is 11.9 Å². The third-order valence-corrected chi connectivity index (χ3v) is 6.25. The van der Waals surface area contributed by atoms with Crippen LogP contribution in [0.3, 0.4) is 0 Å². The average molecular weight is 459 g/mol. The van der Waals surface area contributed by atoms with Gasteiger partial charge in [-0.15, -0.1) is 0 Å². The van der Waals surface area contributed by atoms with Crippen LogP contribution in [0.1, 0.15) is 36.9 Å². The first-order valence-corrected chi connectivity index (χ1v) is 10.9. The van der Waals surface area contributed by atoms with E-state index in [9.17, 15) is 22.4 Å². The lowest BCUT2D eigenvalue weighted by molar-refractivity contribution is -0.140. The predicted molar refractivity (Wildman–Crippen MR) is 119 cm³/mol. The zero-order valence-corrected chi connectivity index (χ0v) is 18.2. The zero-order chi connectivity index (χ0) is 23.6. The first kappa shape index (κ1) is 23.0. The second kappa shape index (κ2) is 9.37. The van der Waals surface area contributed by atoms with Crippen molar-refractivity contribution in [2.75, 3.05) is 11.9 Å². The third kappa shape index (κ3) is 5.43. The highest BCUT2D eigenvalue weighted by atomic mass is 19.4. The number of hydrogen-bond acceptors (Lipinski definition) is 3. The molecule has 0 saturated heterocycles. The van der Waals surface area contributed by atoms with Crippen molar-refractivity contribution in [1.29, 1.82) is 0 Å². The van der Waals surface area contributed by atoms with Crippen LogP contribution in [-0.4, -0.2) is 30.0 Å². The Hall–Kier alpha value is -3.16. The molecule has 174 valence electrons. The zero-order valence-electron chi connectivity index (χ0n) is 18.2. The Morgan fingerprint density at radius 3 is 2.39 bits per heavy atom. The van der Waals surface area contributed by atoms with Gasteiger partial charge in [-0.1, -0.05) is 30.3 Å². The molecule has 1 aliphatic rings. The molecule has 0 unspecified atom stereocenters. The van der Waals surface area contributed by atoms with Crippen LogP contribution in [0, 0.1) is 5.82 Å². The fourth-order valence-electron chi connectivity index (χ4n) is 4.46. The largest absolute Gasteiger partial charge is 0.433 e. The number of aromatic nitrogens is 1.